The van der Waals surface area contributed by atoms with Crippen LogP contribution in [0.2, 0.25) is 0 Å². The van der Waals surface area contributed by atoms with Gasteiger partial charge in [0.25, 0.3) is 0 Å². The number of nitrogens with one attached hydrogen (secondary N) is 1. The van der Waals surface area contributed by atoms with Crippen LogP contribution in [0.1, 0.15) is 45.6 Å². The topological polar surface area (TPSA) is 38.3 Å². The number of aryl methyl sites for hydroxylation is 1. The molecule has 0 aliphatic rings. The molecule has 0 fully saturated rings. The summed E-state index contributed by atoms with van der Waals surface area (Å²) in [6.45, 7) is 8.40. The van der Waals surface area contributed by atoms with Crippen LogP contribution in [-0.4, -0.2) is 18.6 Å². The van der Waals surface area contributed by atoms with Gasteiger partial charge in [-0.1, -0.05) is 45.4 Å². The van der Waals surface area contributed by atoms with E-state index in [0.29, 0.717) is 12.3 Å². The molecule has 0 radical (unpaired) electrons. The normalized spacial score (nSPS) is 15.2. The van der Waals surface area contributed by atoms with E-state index in [4.69, 9.17) is 4.74 Å². The van der Waals surface area contributed by atoms with E-state index in [1.807, 2.05) is 38.1 Å². The first-order valence-electron chi connectivity index (χ1n) is 7.41. The number of hydrogen-bond acceptors (Lipinski definition) is 3. The molecule has 2 unspecified atom stereocenters. The number of anilines is 1. The molecule has 0 spiro atoms. The minimum Gasteiger partial charge on any atom is -0.467 e. The number of methoxy groups -OCH3 is 1. The summed E-state index contributed by atoms with van der Waals surface area (Å²) in [6.07, 6.45) is 2.54. The van der Waals surface area contributed by atoms with E-state index in [-0.39, 0.29) is 5.97 Å². The fourth-order valence-corrected chi connectivity index (χ4v) is 2.47. The highest BCUT2D eigenvalue weighted by Gasteiger charge is 2.39. The Hall–Kier alpha value is -1.51. The molecule has 20 heavy (non-hydrogen) atoms. The van der Waals surface area contributed by atoms with E-state index in [0.717, 1.165) is 24.1 Å². The summed E-state index contributed by atoms with van der Waals surface area (Å²) < 4.78 is 5.06. The summed E-state index contributed by atoms with van der Waals surface area (Å²) in [5.41, 5.74) is 1.50. The van der Waals surface area contributed by atoms with Gasteiger partial charge in [0.1, 0.15) is 5.54 Å². The van der Waals surface area contributed by atoms with E-state index in [9.17, 15) is 4.79 Å². The van der Waals surface area contributed by atoms with Crippen molar-refractivity contribution in [2.45, 2.75) is 52.5 Å². The third kappa shape index (κ3) is 3.75. The van der Waals surface area contributed by atoms with Crippen molar-refractivity contribution in [2.75, 3.05) is 12.4 Å². The largest absolute Gasteiger partial charge is 0.467 e. The first kappa shape index (κ1) is 16.5. The van der Waals surface area contributed by atoms with Gasteiger partial charge in [0.2, 0.25) is 0 Å². The minimum absolute atomic E-state index is 0.177. The Morgan fingerprint density at radius 3 is 2.50 bits per heavy atom. The molecule has 0 saturated heterocycles. The quantitative estimate of drug-likeness (QED) is 0.760. The molecule has 1 rings (SSSR count). The lowest BCUT2D eigenvalue weighted by Crippen LogP contribution is -2.48. The third-order valence-electron chi connectivity index (χ3n) is 4.09. The van der Waals surface area contributed by atoms with Crippen molar-refractivity contribution >= 4 is 11.7 Å². The van der Waals surface area contributed by atoms with Crippen LogP contribution in [0.3, 0.4) is 0 Å². The van der Waals surface area contributed by atoms with E-state index in [2.05, 4.69) is 19.2 Å². The van der Waals surface area contributed by atoms with Gasteiger partial charge in [-0.05, 0) is 37.3 Å². The van der Waals surface area contributed by atoms with Gasteiger partial charge < -0.3 is 10.1 Å². The Kier molecular flexibility index (Phi) is 6.05. The monoisotopic (exact) mass is 277 g/mol. The fraction of sp³-hybridized carbons (Fsp3) is 0.588. The summed E-state index contributed by atoms with van der Waals surface area (Å²) in [4.78, 5) is 12.3. The van der Waals surface area contributed by atoms with Gasteiger partial charge in [-0.2, -0.15) is 0 Å². The molecule has 0 saturated carbocycles. The molecular formula is C17H27NO2. The zero-order chi connectivity index (χ0) is 15.2. The van der Waals surface area contributed by atoms with E-state index < -0.39 is 5.54 Å². The highest BCUT2D eigenvalue weighted by molar-refractivity contribution is 5.84. The molecule has 0 amide bonds. The van der Waals surface area contributed by atoms with E-state index >= 15 is 0 Å². The van der Waals surface area contributed by atoms with Crippen LogP contribution in [0.5, 0.6) is 0 Å². The van der Waals surface area contributed by atoms with Crippen LogP contribution in [0.4, 0.5) is 5.69 Å². The van der Waals surface area contributed by atoms with Gasteiger partial charge in [0.05, 0.1) is 7.11 Å². The molecule has 0 heterocycles. The van der Waals surface area contributed by atoms with Gasteiger partial charge in [-0.25, -0.2) is 4.79 Å². The maximum Gasteiger partial charge on any atom is 0.331 e. The van der Waals surface area contributed by atoms with Gasteiger partial charge in [0, 0.05) is 5.69 Å². The summed E-state index contributed by atoms with van der Waals surface area (Å²) in [5.74, 6) is 0.286. The second kappa shape index (κ2) is 7.32. The van der Waals surface area contributed by atoms with Crippen LogP contribution in [0.25, 0.3) is 0 Å². The lowest BCUT2D eigenvalue weighted by molar-refractivity contribution is -0.146. The van der Waals surface area contributed by atoms with Crippen LogP contribution in [0, 0.1) is 12.8 Å². The van der Waals surface area contributed by atoms with Crippen LogP contribution in [-0.2, 0) is 9.53 Å². The van der Waals surface area contributed by atoms with E-state index in [1.54, 1.807) is 0 Å². The number of hydrogen-bond donors (Lipinski definition) is 1. The van der Waals surface area contributed by atoms with Crippen molar-refractivity contribution in [1.29, 1.82) is 0 Å². The molecule has 1 N–H and O–H groups in total. The molecule has 3 heteroatoms. The Balaban J connectivity index is 3.09. The van der Waals surface area contributed by atoms with Crippen molar-refractivity contribution in [2.24, 2.45) is 5.92 Å². The number of para-hydroxylation sites is 1. The minimum atomic E-state index is -0.643. The van der Waals surface area contributed by atoms with Crippen molar-refractivity contribution in [3.05, 3.63) is 29.8 Å². The second-order valence-electron chi connectivity index (χ2n) is 5.58. The predicted octanol–water partition coefficient (Wildman–Crippen LogP) is 4.16. The molecule has 3 nitrogen and oxygen atoms in total. The molecule has 0 aliphatic heterocycles. The summed E-state index contributed by atoms with van der Waals surface area (Å²) >= 11 is 0. The highest BCUT2D eigenvalue weighted by atomic mass is 16.5. The number of benzene rings is 1. The molecule has 0 aromatic heterocycles. The lowest BCUT2D eigenvalue weighted by Gasteiger charge is -2.34. The summed E-state index contributed by atoms with van der Waals surface area (Å²) in [5, 5.41) is 3.45. The van der Waals surface area contributed by atoms with Crippen molar-refractivity contribution in [3.63, 3.8) is 0 Å². The number of carbonyl (C=O) groups is 1. The number of ether oxygens (including phenoxy) is 1. The number of rotatable bonds is 7. The van der Waals surface area contributed by atoms with Crippen LogP contribution < -0.4 is 5.32 Å². The first-order chi connectivity index (χ1) is 9.49. The second-order valence-corrected chi connectivity index (χ2v) is 5.58. The Morgan fingerprint density at radius 2 is 2.00 bits per heavy atom. The average molecular weight is 277 g/mol. The Labute approximate surface area is 122 Å². The summed E-state index contributed by atoms with van der Waals surface area (Å²) in [7, 11) is 1.46. The Bertz CT molecular complexity index is 444. The smallest absolute Gasteiger partial charge is 0.331 e. The zero-order valence-corrected chi connectivity index (χ0v) is 13.3. The predicted molar refractivity (Wildman–Crippen MR) is 83.9 cm³/mol. The average Bonchev–Trinajstić information content (AvgIpc) is 2.47. The lowest BCUT2D eigenvalue weighted by atomic mass is 9.84. The standard InChI is InChI=1S/C17H27NO2/c1-6-13(3)12-17(7-2,16(19)20-5)18-15-11-9-8-10-14(15)4/h8-11,13,18H,6-7,12H2,1-5H3. The van der Waals surface area contributed by atoms with Crippen LogP contribution >= 0.6 is 0 Å². The molecule has 1 aromatic rings. The van der Waals surface area contributed by atoms with Crippen molar-refractivity contribution < 1.29 is 9.53 Å². The molecular weight excluding hydrogens is 250 g/mol. The van der Waals surface area contributed by atoms with Crippen molar-refractivity contribution in [1.82, 2.24) is 0 Å². The maximum atomic E-state index is 12.3. The first-order valence-corrected chi connectivity index (χ1v) is 7.41. The van der Waals surface area contributed by atoms with Crippen LogP contribution in [0.15, 0.2) is 24.3 Å². The molecule has 0 bridgehead atoms. The SMILES string of the molecule is CCC(C)CC(CC)(Nc1ccccc1C)C(=O)OC. The number of carbonyl (C=O) groups excluding carboxylic acids is 1. The molecule has 2 atom stereocenters. The Morgan fingerprint density at radius 1 is 1.35 bits per heavy atom. The molecule has 112 valence electrons. The number of esters is 1. The molecule has 0 aliphatic carbocycles. The van der Waals surface area contributed by atoms with E-state index in [1.165, 1.54) is 7.11 Å². The van der Waals surface area contributed by atoms with Gasteiger partial charge in [-0.3, -0.25) is 0 Å². The van der Waals surface area contributed by atoms with Gasteiger partial charge in [0.15, 0.2) is 0 Å². The molecule has 1 aromatic carbocycles. The summed E-state index contributed by atoms with van der Waals surface area (Å²) in [6, 6.07) is 8.04. The third-order valence-corrected chi connectivity index (χ3v) is 4.09. The highest BCUT2D eigenvalue weighted by Crippen LogP contribution is 2.30. The maximum absolute atomic E-state index is 12.3. The zero-order valence-electron chi connectivity index (χ0n) is 13.3. The van der Waals surface area contributed by atoms with Crippen molar-refractivity contribution in [3.8, 4) is 0 Å². The van der Waals surface area contributed by atoms with Gasteiger partial charge in [-0.15, -0.1) is 0 Å². The van der Waals surface area contributed by atoms with Gasteiger partial charge >= 0.3 is 5.97 Å². The fourth-order valence-electron chi connectivity index (χ4n) is 2.47.